The topological polar surface area (TPSA) is 9.23 Å². The Morgan fingerprint density at radius 2 is 1.90 bits per heavy atom. The van der Waals surface area contributed by atoms with E-state index in [9.17, 15) is 0 Å². The SMILES string of the molecule is COc1ccc([CH]Br)cc1. The molecule has 0 atom stereocenters. The molecule has 1 aromatic carbocycles. The van der Waals surface area contributed by atoms with E-state index in [-0.39, 0.29) is 0 Å². The molecule has 0 aromatic heterocycles. The van der Waals surface area contributed by atoms with Crippen molar-refractivity contribution in [2.75, 3.05) is 7.11 Å². The fourth-order valence-corrected chi connectivity index (χ4v) is 0.982. The van der Waals surface area contributed by atoms with Crippen molar-refractivity contribution in [2.45, 2.75) is 0 Å². The molecule has 0 saturated carbocycles. The van der Waals surface area contributed by atoms with Crippen molar-refractivity contribution < 1.29 is 4.74 Å². The summed E-state index contributed by atoms with van der Waals surface area (Å²) in [6.07, 6.45) is 0. The molecule has 0 heterocycles. The molecule has 0 aliphatic carbocycles. The Labute approximate surface area is 69.1 Å². The van der Waals surface area contributed by atoms with Gasteiger partial charge in [0.25, 0.3) is 0 Å². The first-order valence-electron chi connectivity index (χ1n) is 2.94. The van der Waals surface area contributed by atoms with E-state index in [4.69, 9.17) is 4.74 Å². The van der Waals surface area contributed by atoms with E-state index in [1.54, 1.807) is 7.11 Å². The maximum absolute atomic E-state index is 4.98. The molecule has 0 spiro atoms. The fourth-order valence-electron chi connectivity index (χ4n) is 0.677. The summed E-state index contributed by atoms with van der Waals surface area (Å²) < 4.78 is 4.98. The van der Waals surface area contributed by atoms with Crippen LogP contribution >= 0.6 is 15.9 Å². The van der Waals surface area contributed by atoms with Gasteiger partial charge in [-0.2, -0.15) is 0 Å². The Hall–Kier alpha value is -0.500. The van der Waals surface area contributed by atoms with Gasteiger partial charge in [0.15, 0.2) is 0 Å². The maximum atomic E-state index is 4.98. The van der Waals surface area contributed by atoms with E-state index in [1.165, 1.54) is 0 Å². The number of benzene rings is 1. The summed E-state index contributed by atoms with van der Waals surface area (Å²) in [5, 5.41) is 1.87. The van der Waals surface area contributed by atoms with Crippen LogP contribution in [0.1, 0.15) is 5.56 Å². The lowest BCUT2D eigenvalue weighted by Crippen LogP contribution is -1.81. The van der Waals surface area contributed by atoms with Crippen LogP contribution in [0.15, 0.2) is 24.3 Å². The minimum atomic E-state index is 0.887. The predicted molar refractivity (Wildman–Crippen MR) is 45.3 cm³/mol. The first-order chi connectivity index (χ1) is 4.86. The molecule has 1 nitrogen and oxygen atoms in total. The molecule has 1 aromatic rings. The van der Waals surface area contributed by atoms with Crippen LogP contribution in [0.2, 0.25) is 0 Å². The first-order valence-corrected chi connectivity index (χ1v) is 3.86. The van der Waals surface area contributed by atoms with E-state index in [0.29, 0.717) is 0 Å². The highest BCUT2D eigenvalue weighted by atomic mass is 79.9. The largest absolute Gasteiger partial charge is 0.497 e. The van der Waals surface area contributed by atoms with E-state index in [0.717, 1.165) is 11.3 Å². The third kappa shape index (κ3) is 1.74. The van der Waals surface area contributed by atoms with Crippen molar-refractivity contribution in [3.8, 4) is 5.75 Å². The van der Waals surface area contributed by atoms with E-state index < -0.39 is 0 Å². The summed E-state index contributed by atoms with van der Waals surface area (Å²) in [6.45, 7) is 0. The van der Waals surface area contributed by atoms with Crippen LogP contribution in [0.3, 0.4) is 0 Å². The summed E-state index contributed by atoms with van der Waals surface area (Å²) in [5.74, 6) is 0.887. The smallest absolute Gasteiger partial charge is 0.118 e. The Morgan fingerprint density at radius 1 is 1.30 bits per heavy atom. The Kier molecular flexibility index (Phi) is 2.75. The molecule has 1 radical (unpaired) electrons. The number of ether oxygens (including phenoxy) is 1. The molecule has 0 aliphatic heterocycles. The van der Waals surface area contributed by atoms with Crippen LogP contribution in [0.5, 0.6) is 5.75 Å². The summed E-state index contributed by atoms with van der Waals surface area (Å²) >= 11 is 3.24. The third-order valence-corrected chi connectivity index (χ3v) is 1.77. The third-order valence-electron chi connectivity index (χ3n) is 1.24. The van der Waals surface area contributed by atoms with Crippen LogP contribution in [-0.2, 0) is 0 Å². The molecule has 0 saturated heterocycles. The second-order valence-corrected chi connectivity index (χ2v) is 2.34. The van der Waals surface area contributed by atoms with Crippen molar-refractivity contribution in [3.63, 3.8) is 0 Å². The van der Waals surface area contributed by atoms with Gasteiger partial charge < -0.3 is 4.74 Å². The molecule has 0 bridgehead atoms. The quantitative estimate of drug-likeness (QED) is 0.712. The fraction of sp³-hybridized carbons (Fsp3) is 0.125. The number of hydrogen-bond acceptors (Lipinski definition) is 1. The number of hydrogen-bond donors (Lipinski definition) is 0. The van der Waals surface area contributed by atoms with Gasteiger partial charge in [0.05, 0.1) is 12.4 Å². The molecule has 0 fully saturated rings. The molecular formula is C8H8BrO. The monoisotopic (exact) mass is 199 g/mol. The van der Waals surface area contributed by atoms with Crippen molar-refractivity contribution in [3.05, 3.63) is 35.2 Å². The van der Waals surface area contributed by atoms with Crippen LogP contribution < -0.4 is 4.74 Å². The van der Waals surface area contributed by atoms with Gasteiger partial charge in [0.1, 0.15) is 5.75 Å². The maximum Gasteiger partial charge on any atom is 0.118 e. The zero-order valence-electron chi connectivity index (χ0n) is 5.67. The molecule has 0 aliphatic rings. The average Bonchev–Trinajstić information content (AvgIpc) is 2.05. The van der Waals surface area contributed by atoms with Gasteiger partial charge in [0, 0.05) is 0 Å². The van der Waals surface area contributed by atoms with Crippen molar-refractivity contribution in [1.29, 1.82) is 0 Å². The van der Waals surface area contributed by atoms with Crippen LogP contribution in [0.4, 0.5) is 0 Å². The van der Waals surface area contributed by atoms with Crippen molar-refractivity contribution in [1.82, 2.24) is 0 Å². The molecular weight excluding hydrogens is 192 g/mol. The molecule has 2 heteroatoms. The number of halogens is 1. The van der Waals surface area contributed by atoms with Gasteiger partial charge >= 0.3 is 0 Å². The number of methoxy groups -OCH3 is 1. The minimum absolute atomic E-state index is 0.887. The Balaban J connectivity index is 2.80. The molecule has 0 unspecified atom stereocenters. The Morgan fingerprint density at radius 3 is 2.30 bits per heavy atom. The summed E-state index contributed by atoms with van der Waals surface area (Å²) in [7, 11) is 1.66. The highest BCUT2D eigenvalue weighted by molar-refractivity contribution is 9.10. The molecule has 1 rings (SSSR count). The zero-order chi connectivity index (χ0) is 7.40. The molecule has 10 heavy (non-hydrogen) atoms. The normalized spacial score (nSPS) is 9.40. The van der Waals surface area contributed by atoms with E-state index in [2.05, 4.69) is 15.9 Å². The van der Waals surface area contributed by atoms with Gasteiger partial charge in [-0.05, 0) is 17.7 Å². The van der Waals surface area contributed by atoms with E-state index in [1.807, 2.05) is 29.6 Å². The van der Waals surface area contributed by atoms with Crippen LogP contribution in [0, 0.1) is 5.33 Å². The van der Waals surface area contributed by atoms with Gasteiger partial charge in [0.2, 0.25) is 0 Å². The lowest BCUT2D eigenvalue weighted by Gasteiger charge is -1.98. The lowest BCUT2D eigenvalue weighted by atomic mass is 10.2. The lowest BCUT2D eigenvalue weighted by molar-refractivity contribution is 0.415. The predicted octanol–water partition coefficient (Wildman–Crippen LogP) is 2.60. The van der Waals surface area contributed by atoms with Crippen LogP contribution in [0.25, 0.3) is 0 Å². The van der Waals surface area contributed by atoms with Gasteiger partial charge in [-0.1, -0.05) is 28.1 Å². The van der Waals surface area contributed by atoms with Crippen LogP contribution in [-0.4, -0.2) is 7.11 Å². The zero-order valence-corrected chi connectivity index (χ0v) is 7.26. The standard InChI is InChI=1S/C8H8BrO/c1-10-8-4-2-7(6-9)3-5-8/h2-6H,1H3. The molecule has 53 valence electrons. The van der Waals surface area contributed by atoms with Gasteiger partial charge in [-0.15, -0.1) is 0 Å². The van der Waals surface area contributed by atoms with Crippen molar-refractivity contribution >= 4 is 15.9 Å². The van der Waals surface area contributed by atoms with Gasteiger partial charge in [-0.3, -0.25) is 0 Å². The van der Waals surface area contributed by atoms with Gasteiger partial charge in [-0.25, -0.2) is 0 Å². The minimum Gasteiger partial charge on any atom is -0.497 e. The summed E-state index contributed by atoms with van der Waals surface area (Å²) in [5.41, 5.74) is 1.14. The van der Waals surface area contributed by atoms with E-state index >= 15 is 0 Å². The number of rotatable bonds is 2. The summed E-state index contributed by atoms with van der Waals surface area (Å²) in [6, 6.07) is 7.81. The average molecular weight is 200 g/mol. The molecule has 0 amide bonds. The second kappa shape index (κ2) is 3.62. The summed E-state index contributed by atoms with van der Waals surface area (Å²) in [4.78, 5) is 0. The highest BCUT2D eigenvalue weighted by Gasteiger charge is 1.90. The first kappa shape index (κ1) is 7.61. The molecule has 0 N–H and O–H groups in total. The second-order valence-electron chi connectivity index (χ2n) is 1.88. The highest BCUT2D eigenvalue weighted by Crippen LogP contribution is 2.13. The Bertz CT molecular complexity index is 170. The van der Waals surface area contributed by atoms with Crippen molar-refractivity contribution in [2.24, 2.45) is 0 Å².